The van der Waals surface area contributed by atoms with Crippen molar-refractivity contribution in [1.29, 1.82) is 0 Å². The molecule has 2 aromatic rings. The van der Waals surface area contributed by atoms with Crippen LogP contribution in [0.1, 0.15) is 0 Å². The molecule has 1 aromatic heterocycles. The van der Waals surface area contributed by atoms with Gasteiger partial charge in [-0.15, -0.1) is 11.3 Å². The Bertz CT molecular complexity index is 746. The minimum absolute atomic E-state index is 0. The van der Waals surface area contributed by atoms with Crippen LogP contribution < -0.4 is 44.3 Å². The van der Waals surface area contributed by atoms with E-state index in [-0.39, 0.29) is 40.6 Å². The Morgan fingerprint density at radius 3 is 2.86 bits per heavy atom. The van der Waals surface area contributed by atoms with E-state index in [4.69, 9.17) is 9.47 Å². The van der Waals surface area contributed by atoms with E-state index in [1.807, 2.05) is 10.8 Å². The van der Waals surface area contributed by atoms with Gasteiger partial charge in [0, 0.05) is 16.4 Å². The number of rotatable bonds is 4. The van der Waals surface area contributed by atoms with Gasteiger partial charge in [0.25, 0.3) is 0 Å². The minimum Gasteiger partial charge on any atom is -0.744 e. The fraction of sp³-hybridized carbons (Fsp3) is 0.231. The summed E-state index contributed by atoms with van der Waals surface area (Å²) in [6, 6.07) is 5.78. The van der Waals surface area contributed by atoms with Crippen molar-refractivity contribution in [3.8, 4) is 11.5 Å². The van der Waals surface area contributed by atoms with Crippen LogP contribution in [-0.4, -0.2) is 32.2 Å². The summed E-state index contributed by atoms with van der Waals surface area (Å²) in [5.74, 6) is 1.46. The van der Waals surface area contributed by atoms with Crippen LogP contribution >= 0.6 is 11.3 Å². The van der Waals surface area contributed by atoms with E-state index in [1.165, 1.54) is 29.5 Å². The van der Waals surface area contributed by atoms with Crippen LogP contribution in [0.25, 0.3) is 0 Å². The first kappa shape index (κ1) is 17.6. The van der Waals surface area contributed by atoms with Crippen LogP contribution in [0.15, 0.2) is 39.9 Å². The van der Waals surface area contributed by atoms with Gasteiger partial charge < -0.3 is 19.3 Å². The van der Waals surface area contributed by atoms with E-state index < -0.39 is 10.1 Å². The summed E-state index contributed by atoms with van der Waals surface area (Å²) in [6.45, 7) is 0.855. The van der Waals surface area contributed by atoms with Crippen LogP contribution in [0.3, 0.4) is 0 Å². The molecule has 112 valence electrons. The smallest absolute Gasteiger partial charge is 0.744 e. The van der Waals surface area contributed by atoms with E-state index in [2.05, 4.69) is 5.32 Å². The molecule has 0 fully saturated rings. The average Bonchev–Trinajstić information content (AvgIpc) is 2.92. The molecule has 0 saturated carbocycles. The largest absolute Gasteiger partial charge is 1.00 e. The van der Waals surface area contributed by atoms with Gasteiger partial charge in [-0.3, -0.25) is 0 Å². The summed E-state index contributed by atoms with van der Waals surface area (Å²) in [6.07, 6.45) is -0.181. The normalized spacial score (nSPS) is 16.7. The van der Waals surface area contributed by atoms with Crippen molar-refractivity contribution in [3.05, 3.63) is 35.0 Å². The van der Waals surface area contributed by atoms with Crippen molar-refractivity contribution >= 4 is 27.1 Å². The van der Waals surface area contributed by atoms with E-state index in [9.17, 15) is 13.0 Å². The molecule has 9 heteroatoms. The molecule has 1 aliphatic rings. The summed E-state index contributed by atoms with van der Waals surface area (Å²) in [5, 5.41) is 6.79. The van der Waals surface area contributed by atoms with Gasteiger partial charge in [0.2, 0.25) is 0 Å². The van der Waals surface area contributed by atoms with Crippen LogP contribution in [0.5, 0.6) is 11.5 Å². The average molecular weight is 349 g/mol. The van der Waals surface area contributed by atoms with Gasteiger partial charge in [0.1, 0.15) is 22.8 Å². The molecule has 1 aliphatic heterocycles. The molecule has 1 N–H and O–H groups in total. The van der Waals surface area contributed by atoms with Gasteiger partial charge in [0.15, 0.2) is 11.5 Å². The molecule has 0 amide bonds. The topological polar surface area (TPSA) is 87.7 Å². The summed E-state index contributed by atoms with van der Waals surface area (Å²) in [5.41, 5.74) is 0.548. The van der Waals surface area contributed by atoms with Crippen molar-refractivity contribution in [2.75, 3.05) is 18.5 Å². The molecule has 6 nitrogen and oxygen atoms in total. The maximum absolute atomic E-state index is 11.0. The molecule has 2 heterocycles. The first-order valence-corrected chi connectivity index (χ1v) is 8.53. The number of fused-ring (bicyclic) bond motifs is 1. The van der Waals surface area contributed by atoms with Crippen molar-refractivity contribution in [1.82, 2.24) is 0 Å². The second kappa shape index (κ2) is 7.20. The molecule has 0 bridgehead atoms. The zero-order valence-electron chi connectivity index (χ0n) is 11.8. The Morgan fingerprint density at radius 1 is 1.32 bits per heavy atom. The quantitative estimate of drug-likeness (QED) is 0.557. The fourth-order valence-corrected chi connectivity index (χ4v) is 3.14. The Labute approximate surface area is 154 Å². The molecular formula is C13H12NNaO5S2. The van der Waals surface area contributed by atoms with E-state index in [0.29, 0.717) is 24.6 Å². The van der Waals surface area contributed by atoms with Gasteiger partial charge >= 0.3 is 29.6 Å². The zero-order valence-corrected chi connectivity index (χ0v) is 15.4. The maximum Gasteiger partial charge on any atom is 1.00 e. The molecule has 3 rings (SSSR count). The standard InChI is InChI=1S/C13H13NO5S2.Na/c15-21(16,17)11-3-1-2-9(4-11)14-5-10-6-18-12-7-20-8-13(12)19-10;/h1-4,7-8,10,14H,5-6H2,(H,15,16,17);/q;+1/p-1. The van der Waals surface area contributed by atoms with Crippen LogP contribution in [0.2, 0.25) is 0 Å². The molecule has 22 heavy (non-hydrogen) atoms. The predicted molar refractivity (Wildman–Crippen MR) is 77.1 cm³/mol. The first-order valence-electron chi connectivity index (χ1n) is 6.18. The monoisotopic (exact) mass is 349 g/mol. The number of ether oxygens (including phenoxy) is 2. The van der Waals surface area contributed by atoms with Crippen LogP contribution in [0.4, 0.5) is 5.69 Å². The third-order valence-corrected chi connectivity index (χ3v) is 4.50. The second-order valence-electron chi connectivity index (χ2n) is 4.51. The van der Waals surface area contributed by atoms with Gasteiger partial charge in [-0.05, 0) is 18.2 Å². The summed E-state index contributed by atoms with van der Waals surface area (Å²) < 4.78 is 44.2. The van der Waals surface area contributed by atoms with E-state index >= 15 is 0 Å². The number of hydrogen-bond acceptors (Lipinski definition) is 7. The Morgan fingerprint density at radius 2 is 2.09 bits per heavy atom. The number of nitrogens with one attached hydrogen (secondary N) is 1. The molecular weight excluding hydrogens is 337 g/mol. The van der Waals surface area contributed by atoms with Gasteiger partial charge in [-0.25, -0.2) is 8.42 Å². The van der Waals surface area contributed by atoms with Gasteiger partial charge in [0.05, 0.1) is 11.4 Å². The van der Waals surface area contributed by atoms with E-state index in [0.717, 1.165) is 5.75 Å². The van der Waals surface area contributed by atoms with Crippen molar-refractivity contribution in [2.24, 2.45) is 0 Å². The van der Waals surface area contributed by atoms with E-state index in [1.54, 1.807) is 6.07 Å². The van der Waals surface area contributed by atoms with Crippen LogP contribution in [-0.2, 0) is 10.1 Å². The Hall–Kier alpha value is -0.770. The van der Waals surface area contributed by atoms with Crippen molar-refractivity contribution in [3.63, 3.8) is 0 Å². The number of hydrogen-bond donors (Lipinski definition) is 1. The summed E-state index contributed by atoms with van der Waals surface area (Å²) in [7, 11) is -4.45. The van der Waals surface area contributed by atoms with Gasteiger partial charge in [-0.1, -0.05) is 6.07 Å². The summed E-state index contributed by atoms with van der Waals surface area (Å²) in [4.78, 5) is -0.256. The SMILES string of the molecule is O=S(=O)([O-])c1cccc(NCC2COc3cscc3O2)c1.[Na+]. The zero-order chi connectivity index (χ0) is 14.9. The molecule has 0 saturated heterocycles. The fourth-order valence-electron chi connectivity index (χ4n) is 1.95. The first-order chi connectivity index (χ1) is 10.0. The number of thiophene rings is 1. The molecule has 0 radical (unpaired) electrons. The second-order valence-corrected chi connectivity index (χ2v) is 6.64. The third-order valence-electron chi connectivity index (χ3n) is 2.97. The molecule has 1 aromatic carbocycles. The Kier molecular flexibility index (Phi) is 5.76. The number of benzene rings is 1. The maximum atomic E-state index is 11.0. The predicted octanol–water partition coefficient (Wildman–Crippen LogP) is -1.09. The van der Waals surface area contributed by atoms with Gasteiger partial charge in [-0.2, -0.15) is 0 Å². The number of anilines is 1. The van der Waals surface area contributed by atoms with Crippen molar-refractivity contribution < 1.29 is 52.0 Å². The third kappa shape index (κ3) is 4.15. The van der Waals surface area contributed by atoms with Crippen LogP contribution in [0, 0.1) is 0 Å². The summed E-state index contributed by atoms with van der Waals surface area (Å²) >= 11 is 1.50. The molecule has 1 atom stereocenters. The Balaban J connectivity index is 0.00000176. The minimum atomic E-state index is -4.45. The molecule has 1 unspecified atom stereocenters. The molecule has 0 spiro atoms. The molecule has 0 aliphatic carbocycles. The van der Waals surface area contributed by atoms with Crippen molar-refractivity contribution in [2.45, 2.75) is 11.0 Å².